The van der Waals surface area contributed by atoms with E-state index >= 15 is 0 Å². The van der Waals surface area contributed by atoms with Crippen molar-refractivity contribution in [2.45, 2.75) is 90.9 Å². The molecule has 6 nitrogen and oxygen atoms in total. The predicted molar refractivity (Wildman–Crippen MR) is 105 cm³/mol. The first-order valence-corrected chi connectivity index (χ1v) is 11.9. The van der Waals surface area contributed by atoms with E-state index in [1.165, 1.54) is 77.0 Å². The van der Waals surface area contributed by atoms with Crippen molar-refractivity contribution in [1.82, 2.24) is 0 Å². The minimum atomic E-state index is -3.92. The molecule has 3 N–H and O–H groups in total. The molecule has 0 rings (SSSR count). The van der Waals surface area contributed by atoms with E-state index in [0.29, 0.717) is 18.8 Å². The Bertz CT molecular complexity index is 404. The quantitative estimate of drug-likeness (QED) is 0.260. The van der Waals surface area contributed by atoms with Gasteiger partial charge in [-0.1, -0.05) is 78.1 Å². The molecule has 1 unspecified atom stereocenters. The zero-order chi connectivity index (χ0) is 20.3. The molecule has 0 radical (unpaired) electrons. The first-order chi connectivity index (χ1) is 12.2. The highest BCUT2D eigenvalue weighted by atomic mass is 32.2. The van der Waals surface area contributed by atoms with Gasteiger partial charge in [0.2, 0.25) is 0 Å². The Morgan fingerprint density at radius 3 is 1.73 bits per heavy atom. The van der Waals surface area contributed by atoms with Crippen LogP contribution in [0.2, 0.25) is 0 Å². The average Bonchev–Trinajstić information content (AvgIpc) is 2.56. The molecule has 0 spiro atoms. The summed E-state index contributed by atoms with van der Waals surface area (Å²) in [5.74, 6) is 0.403. The maximum absolute atomic E-state index is 11.3. The van der Waals surface area contributed by atoms with Crippen LogP contribution in [-0.4, -0.2) is 38.3 Å². The highest BCUT2D eigenvalue weighted by Gasteiger charge is 2.12. The molecule has 0 aliphatic carbocycles. The molecule has 0 aromatic carbocycles. The van der Waals surface area contributed by atoms with E-state index in [4.69, 9.17) is 17.7 Å². The summed E-state index contributed by atoms with van der Waals surface area (Å²) in [4.78, 5) is 11.3. The molecule has 0 heterocycles. The largest absolute Gasteiger partial charge is 0.748 e. The van der Waals surface area contributed by atoms with E-state index in [1.54, 1.807) is 0 Å². The lowest BCUT2D eigenvalue weighted by atomic mass is 9.95. The Hall–Kier alpha value is -0.660. The van der Waals surface area contributed by atoms with Crippen LogP contribution in [-0.2, 0) is 19.6 Å². The highest BCUT2D eigenvalue weighted by Crippen LogP contribution is 2.19. The summed E-state index contributed by atoms with van der Waals surface area (Å²) >= 11 is 0. The lowest BCUT2D eigenvalue weighted by Gasteiger charge is -2.16. The number of quaternary nitrogens is 1. The van der Waals surface area contributed by atoms with Crippen molar-refractivity contribution < 1.29 is 28.2 Å². The molecule has 26 heavy (non-hydrogen) atoms. The third-order valence-electron chi connectivity index (χ3n) is 4.12. The van der Waals surface area contributed by atoms with E-state index in [2.05, 4.69) is 19.6 Å². The van der Waals surface area contributed by atoms with Gasteiger partial charge in [0.05, 0.1) is 16.7 Å². The standard InChI is InChI=1S/C18H37NO2.CH4O3S/c1-3-5-7-9-10-12-14-17(13-11-8-6-4-2)16-21-18(20)15-19;1-5(2,3)4/h17H,3-16,19H2,1-2H3;1H3,(H,2,3,4). The van der Waals surface area contributed by atoms with Gasteiger partial charge >= 0.3 is 5.97 Å². The molecular formula is C19H41NO5S. The van der Waals surface area contributed by atoms with E-state index in [9.17, 15) is 4.79 Å². The van der Waals surface area contributed by atoms with E-state index in [-0.39, 0.29) is 12.5 Å². The number of rotatable bonds is 15. The normalized spacial score (nSPS) is 12.2. The molecule has 1 atom stereocenters. The lowest BCUT2D eigenvalue weighted by molar-refractivity contribution is -0.359. The molecule has 0 amide bonds. The van der Waals surface area contributed by atoms with Crippen LogP contribution in [0.25, 0.3) is 0 Å². The van der Waals surface area contributed by atoms with E-state index in [0.717, 1.165) is 0 Å². The number of hydrogen-bond acceptors (Lipinski definition) is 5. The fraction of sp³-hybridized carbons (Fsp3) is 0.947. The van der Waals surface area contributed by atoms with E-state index in [1.807, 2.05) is 0 Å². The number of carbonyl (C=O) groups is 1. The van der Waals surface area contributed by atoms with Crippen molar-refractivity contribution >= 4 is 16.1 Å². The minimum absolute atomic E-state index is 0.156. The van der Waals surface area contributed by atoms with E-state index < -0.39 is 10.1 Å². The number of ether oxygens (including phenoxy) is 1. The van der Waals surface area contributed by atoms with Crippen LogP contribution in [0, 0.1) is 5.92 Å². The number of esters is 1. The van der Waals surface area contributed by atoms with Crippen LogP contribution >= 0.6 is 0 Å². The molecule has 0 aromatic heterocycles. The second kappa shape index (κ2) is 19.1. The van der Waals surface area contributed by atoms with Gasteiger partial charge in [0.1, 0.15) is 0 Å². The molecule has 0 aliphatic heterocycles. The highest BCUT2D eigenvalue weighted by molar-refractivity contribution is 7.84. The van der Waals surface area contributed by atoms with Gasteiger partial charge in [-0.25, -0.2) is 13.2 Å². The maximum Gasteiger partial charge on any atom is 0.361 e. The Kier molecular flexibility index (Phi) is 20.3. The van der Waals surface area contributed by atoms with Crippen LogP contribution < -0.4 is 5.73 Å². The van der Waals surface area contributed by atoms with Gasteiger partial charge in [0.15, 0.2) is 6.54 Å². The first kappa shape index (κ1) is 27.6. The lowest BCUT2D eigenvalue weighted by Crippen LogP contribution is -2.54. The number of carbonyl (C=O) groups excluding carboxylic acids is 1. The topological polar surface area (TPSA) is 111 Å². The molecule has 0 fully saturated rings. The van der Waals surface area contributed by atoms with Gasteiger partial charge in [-0.2, -0.15) is 0 Å². The molecule has 0 saturated carbocycles. The van der Waals surface area contributed by atoms with Crippen molar-refractivity contribution in [2.75, 3.05) is 19.4 Å². The van der Waals surface area contributed by atoms with Crippen molar-refractivity contribution in [2.24, 2.45) is 5.92 Å². The Balaban J connectivity index is 0. The summed E-state index contributed by atoms with van der Waals surface area (Å²) in [6, 6.07) is 0. The van der Waals surface area contributed by atoms with Crippen LogP contribution in [0.15, 0.2) is 0 Å². The SMILES string of the molecule is CCCCCCCCC(CCCCCC)COC(=O)C[NH3+].CS(=O)(=O)[O-]. The minimum Gasteiger partial charge on any atom is -0.748 e. The van der Waals surface area contributed by atoms with Crippen LogP contribution in [0.4, 0.5) is 0 Å². The van der Waals surface area contributed by atoms with Crippen molar-refractivity contribution in [1.29, 1.82) is 0 Å². The van der Waals surface area contributed by atoms with Crippen molar-refractivity contribution in [3.63, 3.8) is 0 Å². The molecule has 0 saturated heterocycles. The Morgan fingerprint density at radius 1 is 0.923 bits per heavy atom. The summed E-state index contributed by atoms with van der Waals surface area (Å²) in [5, 5.41) is 0. The van der Waals surface area contributed by atoms with Gasteiger partial charge in [0.25, 0.3) is 0 Å². The second-order valence-electron chi connectivity index (χ2n) is 6.91. The van der Waals surface area contributed by atoms with Crippen LogP contribution in [0.3, 0.4) is 0 Å². The fourth-order valence-corrected chi connectivity index (χ4v) is 2.67. The second-order valence-corrected chi connectivity index (χ2v) is 8.32. The van der Waals surface area contributed by atoms with Gasteiger partial charge in [0, 0.05) is 6.26 Å². The zero-order valence-corrected chi connectivity index (χ0v) is 17.9. The van der Waals surface area contributed by atoms with Crippen molar-refractivity contribution in [3.8, 4) is 0 Å². The molecular weight excluding hydrogens is 354 g/mol. The summed E-state index contributed by atoms with van der Waals surface area (Å²) < 4.78 is 32.5. The summed E-state index contributed by atoms with van der Waals surface area (Å²) in [6.45, 7) is 5.35. The van der Waals surface area contributed by atoms with Gasteiger partial charge in [-0.3, -0.25) is 0 Å². The third kappa shape index (κ3) is 28.2. The fourth-order valence-electron chi connectivity index (χ4n) is 2.67. The Morgan fingerprint density at radius 2 is 1.31 bits per heavy atom. The number of hydrogen-bond donors (Lipinski definition) is 1. The van der Waals surface area contributed by atoms with Gasteiger partial charge in [-0.05, 0) is 18.8 Å². The summed E-state index contributed by atoms with van der Waals surface area (Å²) in [7, 11) is -3.92. The van der Waals surface area contributed by atoms with Gasteiger partial charge in [-0.15, -0.1) is 0 Å². The number of unbranched alkanes of at least 4 members (excludes halogenated alkanes) is 8. The molecule has 0 bridgehead atoms. The smallest absolute Gasteiger partial charge is 0.361 e. The molecule has 0 aromatic rings. The third-order valence-corrected chi connectivity index (χ3v) is 4.12. The van der Waals surface area contributed by atoms with Crippen LogP contribution in [0.5, 0.6) is 0 Å². The summed E-state index contributed by atoms with van der Waals surface area (Å²) in [6.07, 6.45) is 16.2. The maximum atomic E-state index is 11.3. The average molecular weight is 396 g/mol. The molecule has 7 heteroatoms. The molecule has 158 valence electrons. The predicted octanol–water partition coefficient (Wildman–Crippen LogP) is 3.27. The Labute approximate surface area is 161 Å². The zero-order valence-electron chi connectivity index (χ0n) is 17.1. The van der Waals surface area contributed by atoms with Crippen LogP contribution in [0.1, 0.15) is 90.9 Å². The first-order valence-electron chi connectivity index (χ1n) is 10.1. The summed E-state index contributed by atoms with van der Waals surface area (Å²) in [5.41, 5.74) is 3.58. The van der Waals surface area contributed by atoms with Crippen molar-refractivity contribution in [3.05, 3.63) is 0 Å². The van der Waals surface area contributed by atoms with Gasteiger partial charge < -0.3 is 15.0 Å². The monoisotopic (exact) mass is 395 g/mol. The molecule has 0 aliphatic rings.